The van der Waals surface area contributed by atoms with Crippen molar-refractivity contribution in [3.05, 3.63) is 60.2 Å². The molecule has 3 rings (SSSR count). The van der Waals surface area contributed by atoms with Gasteiger partial charge in [-0.1, -0.05) is 30.3 Å². The topological polar surface area (TPSA) is 22.9 Å². The third-order valence-corrected chi connectivity index (χ3v) is 3.53. The van der Waals surface area contributed by atoms with E-state index in [0.29, 0.717) is 0 Å². The molecule has 104 valence electrons. The van der Waals surface area contributed by atoms with Gasteiger partial charge >= 0.3 is 0 Å². The van der Waals surface area contributed by atoms with E-state index in [2.05, 4.69) is 18.2 Å². The van der Waals surface area contributed by atoms with E-state index in [4.69, 9.17) is 9.47 Å². The smallest absolute Gasteiger partial charge is 0.127 e. The van der Waals surface area contributed by atoms with Crippen molar-refractivity contribution in [2.45, 2.75) is 6.54 Å². The van der Waals surface area contributed by atoms with Crippen LogP contribution < -0.4 is 9.64 Å². The molecule has 0 unspecified atom stereocenters. The van der Waals surface area contributed by atoms with Crippen LogP contribution in [0.4, 0.5) is 0 Å². The molecule has 2 aromatic rings. The molecule has 1 N–H and O–H groups in total. The van der Waals surface area contributed by atoms with Crippen molar-refractivity contribution in [2.75, 3.05) is 26.3 Å². The quantitative estimate of drug-likeness (QED) is 0.917. The Morgan fingerprint density at radius 1 is 0.900 bits per heavy atom. The highest BCUT2D eigenvalue weighted by Gasteiger charge is 2.14. The van der Waals surface area contributed by atoms with E-state index >= 15 is 0 Å². The maximum absolute atomic E-state index is 5.87. The van der Waals surface area contributed by atoms with E-state index < -0.39 is 0 Å². The zero-order valence-corrected chi connectivity index (χ0v) is 11.5. The van der Waals surface area contributed by atoms with Crippen LogP contribution in [0.3, 0.4) is 0 Å². The summed E-state index contributed by atoms with van der Waals surface area (Å²) < 4.78 is 11.3. The Hall–Kier alpha value is -1.84. The first kappa shape index (κ1) is 13.2. The molecule has 0 radical (unpaired) electrons. The van der Waals surface area contributed by atoms with Gasteiger partial charge in [0.05, 0.1) is 13.2 Å². The summed E-state index contributed by atoms with van der Waals surface area (Å²) in [5.41, 5.74) is 1.32. The second kappa shape index (κ2) is 6.55. The van der Waals surface area contributed by atoms with Crippen molar-refractivity contribution in [1.82, 2.24) is 0 Å². The van der Waals surface area contributed by atoms with Crippen molar-refractivity contribution in [2.24, 2.45) is 0 Å². The van der Waals surface area contributed by atoms with Crippen molar-refractivity contribution < 1.29 is 14.4 Å². The summed E-state index contributed by atoms with van der Waals surface area (Å²) in [4.78, 5) is 1.58. The molecule has 1 aliphatic rings. The lowest BCUT2D eigenvalue weighted by Crippen LogP contribution is -3.12. The number of para-hydroxylation sites is 1. The van der Waals surface area contributed by atoms with Crippen molar-refractivity contribution in [1.29, 1.82) is 0 Å². The minimum atomic E-state index is 0.871. The van der Waals surface area contributed by atoms with Crippen molar-refractivity contribution >= 4 is 0 Å². The fourth-order valence-corrected chi connectivity index (χ4v) is 2.47. The Morgan fingerprint density at radius 2 is 1.65 bits per heavy atom. The first-order valence-electron chi connectivity index (χ1n) is 7.13. The van der Waals surface area contributed by atoms with Gasteiger partial charge in [-0.3, -0.25) is 0 Å². The van der Waals surface area contributed by atoms with Crippen LogP contribution in [0.15, 0.2) is 54.6 Å². The minimum absolute atomic E-state index is 0.871. The molecule has 0 saturated carbocycles. The van der Waals surface area contributed by atoms with Crippen molar-refractivity contribution in [3.8, 4) is 11.5 Å². The maximum atomic E-state index is 5.87. The van der Waals surface area contributed by atoms with E-state index in [-0.39, 0.29) is 0 Å². The largest absolute Gasteiger partial charge is 0.457 e. The molecule has 3 heteroatoms. The average Bonchev–Trinajstić information content (AvgIpc) is 2.50. The van der Waals surface area contributed by atoms with E-state index in [1.165, 1.54) is 5.56 Å². The molecule has 1 heterocycles. The fraction of sp³-hybridized carbons (Fsp3) is 0.294. The molecule has 20 heavy (non-hydrogen) atoms. The molecular weight excluding hydrogens is 250 g/mol. The van der Waals surface area contributed by atoms with Crippen LogP contribution >= 0.6 is 0 Å². The predicted octanol–water partition coefficient (Wildman–Crippen LogP) is 1.89. The first-order valence-corrected chi connectivity index (χ1v) is 7.13. The Balaban J connectivity index is 1.66. The Kier molecular flexibility index (Phi) is 4.31. The van der Waals surface area contributed by atoms with E-state index in [1.54, 1.807) is 4.90 Å². The number of quaternary nitrogens is 1. The molecule has 0 aromatic heterocycles. The second-order valence-corrected chi connectivity index (χ2v) is 5.10. The van der Waals surface area contributed by atoms with Gasteiger partial charge in [0.2, 0.25) is 0 Å². The molecule has 0 bridgehead atoms. The number of rotatable bonds is 4. The number of hydrogen-bond acceptors (Lipinski definition) is 2. The lowest BCUT2D eigenvalue weighted by molar-refractivity contribution is -0.921. The molecular formula is C17H20NO2+. The Morgan fingerprint density at radius 3 is 2.45 bits per heavy atom. The van der Waals surface area contributed by atoms with E-state index in [0.717, 1.165) is 44.3 Å². The summed E-state index contributed by atoms with van der Waals surface area (Å²) in [5, 5.41) is 0. The number of nitrogens with one attached hydrogen (secondary N) is 1. The van der Waals surface area contributed by atoms with Crippen molar-refractivity contribution in [3.63, 3.8) is 0 Å². The summed E-state index contributed by atoms with van der Waals surface area (Å²) in [7, 11) is 0. The number of morpholine rings is 1. The van der Waals surface area contributed by atoms with Crippen LogP contribution in [0.2, 0.25) is 0 Å². The van der Waals surface area contributed by atoms with Crippen LogP contribution in [0.25, 0.3) is 0 Å². The molecule has 1 saturated heterocycles. The molecule has 1 aliphatic heterocycles. The molecule has 0 spiro atoms. The average molecular weight is 270 g/mol. The van der Waals surface area contributed by atoms with Gasteiger partial charge in [-0.15, -0.1) is 0 Å². The molecule has 0 aliphatic carbocycles. The SMILES string of the molecule is c1ccc(Oc2cccc(C[NH+]3CCOCC3)c2)cc1. The highest BCUT2D eigenvalue weighted by Crippen LogP contribution is 2.21. The minimum Gasteiger partial charge on any atom is -0.457 e. The van der Waals surface area contributed by atoms with Gasteiger partial charge in [0, 0.05) is 5.56 Å². The van der Waals surface area contributed by atoms with Gasteiger partial charge in [-0.05, 0) is 24.3 Å². The lowest BCUT2D eigenvalue weighted by atomic mass is 10.2. The molecule has 1 fully saturated rings. The third-order valence-electron chi connectivity index (χ3n) is 3.53. The number of benzene rings is 2. The Bertz CT molecular complexity index is 536. The van der Waals surface area contributed by atoms with Crippen LogP contribution in [0, 0.1) is 0 Å². The van der Waals surface area contributed by atoms with Crippen LogP contribution in [0.1, 0.15) is 5.56 Å². The predicted molar refractivity (Wildman–Crippen MR) is 78.2 cm³/mol. The second-order valence-electron chi connectivity index (χ2n) is 5.10. The zero-order chi connectivity index (χ0) is 13.6. The molecule has 0 atom stereocenters. The van der Waals surface area contributed by atoms with Gasteiger partial charge in [0.15, 0.2) is 0 Å². The molecule has 0 amide bonds. The van der Waals surface area contributed by atoms with E-state index in [9.17, 15) is 0 Å². The monoisotopic (exact) mass is 270 g/mol. The summed E-state index contributed by atoms with van der Waals surface area (Å²) in [6, 6.07) is 18.3. The first-order chi connectivity index (χ1) is 9.90. The Labute approximate surface area is 119 Å². The van der Waals surface area contributed by atoms with Crippen LogP contribution in [-0.4, -0.2) is 26.3 Å². The van der Waals surface area contributed by atoms with Gasteiger partial charge < -0.3 is 14.4 Å². The van der Waals surface area contributed by atoms with Crippen LogP contribution in [0.5, 0.6) is 11.5 Å². The van der Waals surface area contributed by atoms with E-state index in [1.807, 2.05) is 36.4 Å². The number of hydrogen-bond donors (Lipinski definition) is 1. The normalized spacial score (nSPS) is 16.0. The standard InChI is InChI=1S/C17H19NO2/c1-2-6-16(7-3-1)20-17-8-4-5-15(13-17)14-18-9-11-19-12-10-18/h1-8,13H,9-12,14H2/p+1. The highest BCUT2D eigenvalue weighted by atomic mass is 16.5. The summed E-state index contributed by atoms with van der Waals surface area (Å²) in [6.45, 7) is 4.95. The summed E-state index contributed by atoms with van der Waals surface area (Å²) in [5.74, 6) is 1.78. The zero-order valence-electron chi connectivity index (χ0n) is 11.5. The van der Waals surface area contributed by atoms with Gasteiger partial charge in [-0.2, -0.15) is 0 Å². The highest BCUT2D eigenvalue weighted by molar-refractivity contribution is 5.33. The summed E-state index contributed by atoms with van der Waals surface area (Å²) >= 11 is 0. The van der Waals surface area contributed by atoms with Gasteiger partial charge in [0.25, 0.3) is 0 Å². The number of ether oxygens (including phenoxy) is 2. The van der Waals surface area contributed by atoms with Crippen LogP contribution in [-0.2, 0) is 11.3 Å². The fourth-order valence-electron chi connectivity index (χ4n) is 2.47. The third kappa shape index (κ3) is 3.59. The van der Waals surface area contributed by atoms with Gasteiger partial charge in [0.1, 0.15) is 31.1 Å². The maximum Gasteiger partial charge on any atom is 0.127 e. The van der Waals surface area contributed by atoms with Gasteiger partial charge in [-0.25, -0.2) is 0 Å². The summed E-state index contributed by atoms with van der Waals surface area (Å²) in [6.07, 6.45) is 0. The lowest BCUT2D eigenvalue weighted by Gasteiger charge is -2.23. The molecule has 3 nitrogen and oxygen atoms in total. The molecule has 2 aromatic carbocycles.